The Balaban J connectivity index is 1.72. The van der Waals surface area contributed by atoms with Crippen LogP contribution >= 0.6 is 0 Å². The molecule has 0 aliphatic carbocycles. The minimum Gasteiger partial charge on any atom is -0.364 e. The smallest absolute Gasteiger partial charge is 0.134 e. The van der Waals surface area contributed by atoms with Crippen LogP contribution in [0, 0.1) is 0 Å². The Morgan fingerprint density at radius 3 is 2.45 bits per heavy atom. The van der Waals surface area contributed by atoms with Crippen LogP contribution < -0.4 is 10.6 Å². The van der Waals surface area contributed by atoms with Crippen molar-refractivity contribution < 1.29 is 0 Å². The number of hydrogen-bond acceptors (Lipinski definition) is 3. The highest BCUT2D eigenvalue weighted by atomic mass is 15.4. The van der Waals surface area contributed by atoms with E-state index in [9.17, 15) is 0 Å². The summed E-state index contributed by atoms with van der Waals surface area (Å²) in [5.74, 6) is 0.628. The van der Waals surface area contributed by atoms with Crippen molar-refractivity contribution in [3.8, 4) is 0 Å². The Hall–Kier alpha value is -1.32. The molecule has 120 valence electrons. The summed E-state index contributed by atoms with van der Waals surface area (Å²) in [6, 6.07) is 9.85. The van der Waals surface area contributed by atoms with Gasteiger partial charge >= 0.3 is 0 Å². The maximum Gasteiger partial charge on any atom is 0.134 e. The van der Waals surface area contributed by atoms with Crippen LogP contribution in [0.15, 0.2) is 36.5 Å². The molecule has 1 aromatic rings. The number of hydrogen-bond donors (Lipinski definition) is 2. The third-order valence-corrected chi connectivity index (χ3v) is 5.14. The van der Waals surface area contributed by atoms with Gasteiger partial charge < -0.3 is 5.32 Å². The Labute approximate surface area is 134 Å². The molecule has 2 N–H and O–H groups in total. The zero-order valence-electron chi connectivity index (χ0n) is 14.3. The molecule has 3 rings (SSSR count). The molecule has 0 saturated carbocycles. The highest BCUT2D eigenvalue weighted by Gasteiger charge is 2.35. The van der Waals surface area contributed by atoms with Gasteiger partial charge in [-0.15, -0.1) is 0 Å². The van der Waals surface area contributed by atoms with E-state index in [4.69, 9.17) is 0 Å². The molecule has 1 saturated heterocycles. The van der Waals surface area contributed by atoms with Gasteiger partial charge in [-0.25, -0.2) is 0 Å². The minimum absolute atomic E-state index is 0.230. The van der Waals surface area contributed by atoms with Crippen molar-refractivity contribution in [2.75, 3.05) is 13.1 Å². The molecule has 1 aromatic carbocycles. The van der Waals surface area contributed by atoms with Gasteiger partial charge in [-0.2, -0.15) is 0 Å². The number of rotatable bonds is 2. The maximum atomic E-state index is 3.52. The lowest BCUT2D eigenvalue weighted by molar-refractivity contribution is 0.135. The van der Waals surface area contributed by atoms with Gasteiger partial charge in [0, 0.05) is 25.0 Å². The zero-order chi connectivity index (χ0) is 15.7. The first-order chi connectivity index (χ1) is 10.5. The molecule has 2 aliphatic rings. The second-order valence-electron chi connectivity index (χ2n) is 7.63. The summed E-state index contributed by atoms with van der Waals surface area (Å²) in [4.78, 5) is 2.55. The van der Waals surface area contributed by atoms with Gasteiger partial charge in [0.2, 0.25) is 0 Å². The molecule has 0 aromatic heterocycles. The van der Waals surface area contributed by atoms with E-state index in [-0.39, 0.29) is 11.7 Å². The summed E-state index contributed by atoms with van der Waals surface area (Å²) in [6.07, 6.45) is 5.71. The Morgan fingerprint density at radius 1 is 1.14 bits per heavy atom. The zero-order valence-corrected chi connectivity index (χ0v) is 14.3. The predicted molar refractivity (Wildman–Crippen MR) is 92.7 cm³/mol. The van der Waals surface area contributed by atoms with E-state index in [1.54, 1.807) is 0 Å². The minimum atomic E-state index is 0.230. The standard InChI is InChI=1S/C19H29N3/c1-14-17(10-13-22(14)18-20-11-5-12-21-18)15-6-8-16(9-7-15)19(2,3)4/h5-9,11,14,17-18,20-21H,10,12-13H2,1-4H3. The molecule has 2 heterocycles. The first-order valence-electron chi connectivity index (χ1n) is 8.47. The second-order valence-corrected chi connectivity index (χ2v) is 7.63. The summed E-state index contributed by atoms with van der Waals surface area (Å²) >= 11 is 0. The molecule has 2 aliphatic heterocycles. The molecule has 3 unspecified atom stereocenters. The van der Waals surface area contributed by atoms with Gasteiger partial charge in [-0.05, 0) is 36.1 Å². The average molecular weight is 299 g/mol. The summed E-state index contributed by atoms with van der Waals surface area (Å²) in [5.41, 5.74) is 3.13. The van der Waals surface area contributed by atoms with Crippen LogP contribution in [0.1, 0.15) is 51.2 Å². The highest BCUT2D eigenvalue weighted by molar-refractivity contribution is 5.31. The fourth-order valence-electron chi connectivity index (χ4n) is 3.67. The van der Waals surface area contributed by atoms with Gasteiger partial charge in [0.15, 0.2) is 0 Å². The van der Waals surface area contributed by atoms with E-state index in [1.807, 2.05) is 0 Å². The van der Waals surface area contributed by atoms with Crippen molar-refractivity contribution in [3.63, 3.8) is 0 Å². The number of nitrogens with one attached hydrogen (secondary N) is 2. The Bertz CT molecular complexity index is 527. The molecule has 3 nitrogen and oxygen atoms in total. The number of benzene rings is 1. The molecule has 1 fully saturated rings. The first kappa shape index (κ1) is 15.6. The maximum absolute atomic E-state index is 3.52. The van der Waals surface area contributed by atoms with E-state index in [2.05, 4.69) is 79.8 Å². The Kier molecular flexibility index (Phi) is 4.28. The van der Waals surface area contributed by atoms with E-state index < -0.39 is 0 Å². The van der Waals surface area contributed by atoms with E-state index in [1.165, 1.54) is 17.5 Å². The Morgan fingerprint density at radius 2 is 1.86 bits per heavy atom. The predicted octanol–water partition coefficient (Wildman–Crippen LogP) is 3.15. The van der Waals surface area contributed by atoms with Crippen molar-refractivity contribution in [1.82, 2.24) is 15.5 Å². The van der Waals surface area contributed by atoms with E-state index in [0.717, 1.165) is 13.1 Å². The first-order valence-corrected chi connectivity index (χ1v) is 8.47. The van der Waals surface area contributed by atoms with Gasteiger partial charge in [0.05, 0.1) is 0 Å². The summed E-state index contributed by atoms with van der Waals surface area (Å²) in [6.45, 7) is 11.3. The molecule has 0 bridgehead atoms. The third-order valence-electron chi connectivity index (χ3n) is 5.14. The van der Waals surface area contributed by atoms with Gasteiger partial charge in [-0.1, -0.05) is 51.1 Å². The number of nitrogens with zero attached hydrogens (tertiary/aromatic N) is 1. The van der Waals surface area contributed by atoms with Crippen molar-refractivity contribution in [3.05, 3.63) is 47.7 Å². The van der Waals surface area contributed by atoms with E-state index >= 15 is 0 Å². The third kappa shape index (κ3) is 3.06. The fourth-order valence-corrected chi connectivity index (χ4v) is 3.67. The monoisotopic (exact) mass is 299 g/mol. The number of likely N-dealkylation sites (tertiary alicyclic amines) is 1. The largest absolute Gasteiger partial charge is 0.364 e. The van der Waals surface area contributed by atoms with Crippen LogP contribution in [-0.4, -0.2) is 30.3 Å². The quantitative estimate of drug-likeness (QED) is 0.878. The normalized spacial score (nSPS) is 29.5. The van der Waals surface area contributed by atoms with Crippen molar-refractivity contribution >= 4 is 0 Å². The van der Waals surface area contributed by atoms with Crippen LogP contribution in [-0.2, 0) is 5.41 Å². The molecular weight excluding hydrogens is 270 g/mol. The van der Waals surface area contributed by atoms with Crippen LogP contribution in [0.25, 0.3) is 0 Å². The van der Waals surface area contributed by atoms with Crippen molar-refractivity contribution in [1.29, 1.82) is 0 Å². The molecule has 3 heteroatoms. The summed E-state index contributed by atoms with van der Waals surface area (Å²) in [7, 11) is 0. The molecule has 0 radical (unpaired) electrons. The molecule has 0 spiro atoms. The molecular formula is C19H29N3. The lowest BCUT2D eigenvalue weighted by atomic mass is 9.84. The molecule has 3 atom stereocenters. The topological polar surface area (TPSA) is 27.3 Å². The fraction of sp³-hybridized carbons (Fsp3) is 0.579. The molecule has 22 heavy (non-hydrogen) atoms. The lowest BCUT2D eigenvalue weighted by Gasteiger charge is -2.35. The lowest BCUT2D eigenvalue weighted by Crippen LogP contribution is -2.56. The van der Waals surface area contributed by atoms with Crippen LogP contribution in [0.3, 0.4) is 0 Å². The average Bonchev–Trinajstić information content (AvgIpc) is 2.89. The van der Waals surface area contributed by atoms with Crippen molar-refractivity contribution in [2.45, 2.75) is 57.8 Å². The van der Waals surface area contributed by atoms with Crippen molar-refractivity contribution in [2.24, 2.45) is 0 Å². The van der Waals surface area contributed by atoms with Crippen LogP contribution in [0.5, 0.6) is 0 Å². The van der Waals surface area contributed by atoms with E-state index in [0.29, 0.717) is 12.0 Å². The van der Waals surface area contributed by atoms with Gasteiger partial charge in [-0.3, -0.25) is 10.2 Å². The summed E-state index contributed by atoms with van der Waals surface area (Å²) in [5, 5.41) is 6.95. The van der Waals surface area contributed by atoms with Gasteiger partial charge in [0.25, 0.3) is 0 Å². The SMILES string of the molecule is CC1C(c2ccc(C(C)(C)C)cc2)CCN1C1NC=CCN1. The highest BCUT2D eigenvalue weighted by Crippen LogP contribution is 2.35. The summed E-state index contributed by atoms with van der Waals surface area (Å²) < 4.78 is 0. The van der Waals surface area contributed by atoms with Crippen LogP contribution in [0.4, 0.5) is 0 Å². The van der Waals surface area contributed by atoms with Gasteiger partial charge in [0.1, 0.15) is 6.29 Å². The molecule has 0 amide bonds. The second kappa shape index (κ2) is 6.05. The van der Waals surface area contributed by atoms with Crippen LogP contribution in [0.2, 0.25) is 0 Å².